The van der Waals surface area contributed by atoms with Crippen molar-refractivity contribution < 1.29 is 0 Å². The van der Waals surface area contributed by atoms with Crippen molar-refractivity contribution in [3.05, 3.63) is 38.0 Å². The number of nitrogens with zero attached hydrogens (tertiary/aromatic N) is 2. The smallest absolute Gasteiger partial charge is 0.191 e. The molecule has 0 radical (unpaired) electrons. The van der Waals surface area contributed by atoms with Gasteiger partial charge in [0.15, 0.2) is 5.96 Å². The summed E-state index contributed by atoms with van der Waals surface area (Å²) in [5.41, 5.74) is 1.14. The van der Waals surface area contributed by atoms with E-state index in [1.807, 2.05) is 0 Å². The van der Waals surface area contributed by atoms with E-state index in [1.54, 1.807) is 29.7 Å². The van der Waals surface area contributed by atoms with Gasteiger partial charge in [0.1, 0.15) is 0 Å². The van der Waals surface area contributed by atoms with Crippen LogP contribution in [0, 0.1) is 13.8 Å². The normalized spacial score (nSPS) is 11.7. The summed E-state index contributed by atoms with van der Waals surface area (Å²) in [5, 5.41) is 9.89. The summed E-state index contributed by atoms with van der Waals surface area (Å²) >= 11 is 3.52. The molecule has 2 aromatic heterocycles. The molecule has 0 unspecified atom stereocenters. The summed E-state index contributed by atoms with van der Waals surface area (Å²) in [6, 6.07) is 4.18. The van der Waals surface area contributed by atoms with E-state index in [4.69, 9.17) is 0 Å². The van der Waals surface area contributed by atoms with Crippen LogP contribution < -0.4 is 10.6 Å². The van der Waals surface area contributed by atoms with Crippen LogP contribution in [0.1, 0.15) is 20.5 Å². The zero-order valence-corrected chi connectivity index (χ0v) is 13.7. The Kier molecular flexibility index (Phi) is 5.55. The molecule has 0 fully saturated rings. The summed E-state index contributed by atoms with van der Waals surface area (Å²) in [4.78, 5) is 11.4. The number of aryl methyl sites for hydroxylation is 2. The number of nitrogens with one attached hydrogen (secondary N) is 2. The number of thiazole rings is 1. The highest BCUT2D eigenvalue weighted by atomic mass is 32.1. The van der Waals surface area contributed by atoms with Gasteiger partial charge in [-0.25, -0.2) is 4.98 Å². The topological polar surface area (TPSA) is 49.3 Å². The van der Waals surface area contributed by atoms with Gasteiger partial charge in [-0.3, -0.25) is 4.99 Å². The van der Waals surface area contributed by atoms with Crippen LogP contribution in [0.25, 0.3) is 0 Å². The first-order valence-electron chi connectivity index (χ1n) is 6.59. The first-order chi connectivity index (χ1) is 9.69. The molecule has 0 aliphatic rings. The molecule has 0 aromatic carbocycles. The van der Waals surface area contributed by atoms with E-state index in [2.05, 4.69) is 52.0 Å². The van der Waals surface area contributed by atoms with Crippen molar-refractivity contribution in [1.29, 1.82) is 0 Å². The molecule has 0 amide bonds. The molecule has 2 N–H and O–H groups in total. The zero-order valence-electron chi connectivity index (χ0n) is 12.1. The molecule has 2 rings (SSSR count). The van der Waals surface area contributed by atoms with Crippen LogP contribution in [-0.4, -0.2) is 24.5 Å². The Hall–Kier alpha value is -1.40. The lowest BCUT2D eigenvalue weighted by molar-refractivity contribution is 0.795. The molecule has 0 aliphatic carbocycles. The van der Waals surface area contributed by atoms with Gasteiger partial charge < -0.3 is 10.6 Å². The van der Waals surface area contributed by atoms with Gasteiger partial charge in [-0.1, -0.05) is 6.07 Å². The SMILES string of the molecule is CN=C(NCCc1nc(C)c(C)s1)NCc1cccs1. The molecular weight excluding hydrogens is 288 g/mol. The molecular formula is C14H20N4S2. The molecule has 0 atom stereocenters. The lowest BCUT2D eigenvalue weighted by atomic mass is 10.4. The van der Waals surface area contributed by atoms with Crippen molar-refractivity contribution in [1.82, 2.24) is 15.6 Å². The number of hydrogen-bond donors (Lipinski definition) is 2. The molecule has 2 heterocycles. The number of thiophene rings is 1. The van der Waals surface area contributed by atoms with Gasteiger partial charge in [0.05, 0.1) is 17.2 Å². The van der Waals surface area contributed by atoms with Crippen molar-refractivity contribution in [2.75, 3.05) is 13.6 Å². The van der Waals surface area contributed by atoms with Crippen molar-refractivity contribution in [2.45, 2.75) is 26.8 Å². The van der Waals surface area contributed by atoms with E-state index in [9.17, 15) is 0 Å². The van der Waals surface area contributed by atoms with E-state index in [0.29, 0.717) is 0 Å². The van der Waals surface area contributed by atoms with E-state index in [-0.39, 0.29) is 0 Å². The fourth-order valence-corrected chi connectivity index (χ4v) is 3.32. The lowest BCUT2D eigenvalue weighted by Crippen LogP contribution is -2.37. The highest BCUT2D eigenvalue weighted by Crippen LogP contribution is 2.16. The Bertz CT molecular complexity index is 538. The minimum Gasteiger partial charge on any atom is -0.356 e. The largest absolute Gasteiger partial charge is 0.356 e. The monoisotopic (exact) mass is 308 g/mol. The van der Waals surface area contributed by atoms with Gasteiger partial charge in [0.2, 0.25) is 0 Å². The molecule has 6 heteroatoms. The van der Waals surface area contributed by atoms with Gasteiger partial charge in [0.25, 0.3) is 0 Å². The molecule has 4 nitrogen and oxygen atoms in total. The fourth-order valence-electron chi connectivity index (χ4n) is 1.74. The second-order valence-corrected chi connectivity index (χ2v) is 6.75. The quantitative estimate of drug-likeness (QED) is 0.659. The lowest BCUT2D eigenvalue weighted by Gasteiger charge is -2.10. The van der Waals surface area contributed by atoms with Gasteiger partial charge in [-0.2, -0.15) is 0 Å². The van der Waals surface area contributed by atoms with Gasteiger partial charge in [-0.15, -0.1) is 22.7 Å². The Morgan fingerprint density at radius 1 is 1.35 bits per heavy atom. The Morgan fingerprint density at radius 2 is 2.20 bits per heavy atom. The van der Waals surface area contributed by atoms with Crippen LogP contribution in [0.5, 0.6) is 0 Å². The molecule has 0 saturated carbocycles. The third-order valence-electron chi connectivity index (χ3n) is 2.94. The van der Waals surface area contributed by atoms with Crippen molar-refractivity contribution in [3.63, 3.8) is 0 Å². The maximum Gasteiger partial charge on any atom is 0.191 e. The van der Waals surface area contributed by atoms with Crippen molar-refractivity contribution in [2.24, 2.45) is 4.99 Å². The molecule has 0 aliphatic heterocycles. The third-order valence-corrected chi connectivity index (χ3v) is 4.95. The number of guanidine groups is 1. The van der Waals surface area contributed by atoms with Crippen molar-refractivity contribution in [3.8, 4) is 0 Å². The van der Waals surface area contributed by atoms with Crippen LogP contribution in [0.15, 0.2) is 22.5 Å². The summed E-state index contributed by atoms with van der Waals surface area (Å²) < 4.78 is 0. The van der Waals surface area contributed by atoms with Crippen molar-refractivity contribution >= 4 is 28.6 Å². The second kappa shape index (κ2) is 7.40. The summed E-state index contributed by atoms with van der Waals surface area (Å²) in [6.45, 7) is 5.83. The van der Waals surface area contributed by atoms with Gasteiger partial charge in [-0.05, 0) is 25.3 Å². The fraction of sp³-hybridized carbons (Fsp3) is 0.429. The molecule has 0 saturated heterocycles. The summed E-state index contributed by atoms with van der Waals surface area (Å²) in [7, 11) is 1.79. The minimum absolute atomic E-state index is 0.812. The Morgan fingerprint density at radius 3 is 2.80 bits per heavy atom. The maximum absolute atomic E-state index is 4.54. The molecule has 0 spiro atoms. The average Bonchev–Trinajstić information content (AvgIpc) is 3.05. The van der Waals surface area contributed by atoms with E-state index in [0.717, 1.165) is 31.2 Å². The first kappa shape index (κ1) is 15.0. The number of aliphatic imine (C=N–C) groups is 1. The number of rotatable bonds is 5. The summed E-state index contributed by atoms with van der Waals surface area (Å²) in [6.07, 6.45) is 0.930. The average molecular weight is 308 g/mol. The standard InChI is InChI=1S/C14H20N4S2/c1-10-11(2)20-13(18-10)6-7-16-14(15-3)17-9-12-5-4-8-19-12/h4-5,8H,6-7,9H2,1-3H3,(H2,15,16,17). The third kappa shape index (κ3) is 4.31. The number of hydrogen-bond acceptors (Lipinski definition) is 4. The molecule has 20 heavy (non-hydrogen) atoms. The van der Waals surface area contributed by atoms with Crippen LogP contribution in [0.4, 0.5) is 0 Å². The van der Waals surface area contributed by atoms with Gasteiger partial charge >= 0.3 is 0 Å². The van der Waals surface area contributed by atoms with Gasteiger partial charge in [0, 0.05) is 29.8 Å². The highest BCUT2D eigenvalue weighted by Gasteiger charge is 2.04. The molecule has 0 bridgehead atoms. The predicted octanol–water partition coefficient (Wildman–Crippen LogP) is 2.73. The van der Waals surface area contributed by atoms with Crippen LogP contribution in [0.2, 0.25) is 0 Å². The first-order valence-corrected chi connectivity index (χ1v) is 8.28. The van der Waals surface area contributed by atoms with Crippen LogP contribution in [0.3, 0.4) is 0 Å². The second-order valence-electron chi connectivity index (χ2n) is 4.43. The van der Waals surface area contributed by atoms with Crippen LogP contribution in [-0.2, 0) is 13.0 Å². The highest BCUT2D eigenvalue weighted by molar-refractivity contribution is 7.11. The number of aromatic nitrogens is 1. The Balaban J connectivity index is 1.74. The minimum atomic E-state index is 0.812. The predicted molar refractivity (Wildman–Crippen MR) is 87.8 cm³/mol. The van der Waals surface area contributed by atoms with Crippen LogP contribution >= 0.6 is 22.7 Å². The van der Waals surface area contributed by atoms with E-state index >= 15 is 0 Å². The zero-order chi connectivity index (χ0) is 14.4. The maximum atomic E-state index is 4.54. The van der Waals surface area contributed by atoms with E-state index < -0.39 is 0 Å². The summed E-state index contributed by atoms with van der Waals surface area (Å²) in [5.74, 6) is 0.836. The van der Waals surface area contributed by atoms with E-state index in [1.165, 1.54) is 14.8 Å². The molecule has 108 valence electrons. The Labute approximate surface area is 128 Å². The molecule has 2 aromatic rings.